The van der Waals surface area contributed by atoms with Gasteiger partial charge in [-0.15, -0.1) is 0 Å². The molecule has 12 heavy (non-hydrogen) atoms. The van der Waals surface area contributed by atoms with Gasteiger partial charge in [0.25, 0.3) is 0 Å². The van der Waals surface area contributed by atoms with Crippen molar-refractivity contribution in [3.05, 3.63) is 28.8 Å². The van der Waals surface area contributed by atoms with Gasteiger partial charge in [0.05, 0.1) is 0 Å². The van der Waals surface area contributed by atoms with Crippen LogP contribution in [-0.2, 0) is 6.42 Å². The van der Waals surface area contributed by atoms with E-state index >= 15 is 0 Å². The average molecular weight is 229 g/mol. The lowest BCUT2D eigenvalue weighted by molar-refractivity contribution is 0.474. The maximum absolute atomic E-state index is 9.27. The Bertz CT molecular complexity index is 258. The normalized spacial score (nSPS) is 10.2. The van der Waals surface area contributed by atoms with Crippen LogP contribution in [0.5, 0.6) is 5.75 Å². The molecule has 0 heterocycles. The number of rotatable bonds is 2. The van der Waals surface area contributed by atoms with Crippen LogP contribution in [0.15, 0.2) is 12.1 Å². The number of benzene rings is 1. The molecule has 1 nitrogen and oxygen atoms in total. The van der Waals surface area contributed by atoms with Gasteiger partial charge in [-0.05, 0) is 49.1 Å². The van der Waals surface area contributed by atoms with Gasteiger partial charge in [0.15, 0.2) is 0 Å². The molecule has 66 valence electrons. The van der Waals surface area contributed by atoms with Crippen LogP contribution in [0, 0.1) is 13.8 Å². The molecular formula is C10H13BrO. The lowest BCUT2D eigenvalue weighted by Gasteiger charge is -2.08. The minimum Gasteiger partial charge on any atom is -0.508 e. The predicted octanol–water partition coefficient (Wildman–Crippen LogP) is 2.95. The number of alkyl halides is 1. The fraction of sp³-hybridized carbons (Fsp3) is 0.400. The van der Waals surface area contributed by atoms with E-state index in [1.165, 1.54) is 16.7 Å². The monoisotopic (exact) mass is 228 g/mol. The van der Waals surface area contributed by atoms with Gasteiger partial charge in [-0.25, -0.2) is 0 Å². The molecule has 1 rings (SSSR count). The van der Waals surface area contributed by atoms with Gasteiger partial charge in [0.2, 0.25) is 0 Å². The van der Waals surface area contributed by atoms with Crippen LogP contribution >= 0.6 is 15.9 Å². The fourth-order valence-corrected chi connectivity index (χ4v) is 1.86. The third-order valence-corrected chi connectivity index (χ3v) is 2.42. The first-order valence-corrected chi connectivity index (χ1v) is 5.12. The Morgan fingerprint density at radius 1 is 1.25 bits per heavy atom. The summed E-state index contributed by atoms with van der Waals surface area (Å²) in [4.78, 5) is 0. The van der Waals surface area contributed by atoms with Crippen molar-refractivity contribution in [3.63, 3.8) is 0 Å². The molecule has 1 aromatic carbocycles. The van der Waals surface area contributed by atoms with Crippen molar-refractivity contribution in [3.8, 4) is 5.75 Å². The standard InChI is InChI=1S/C10H13BrO/c1-7-5-9(12)6-8(2)10(7)3-4-11/h5-6,12H,3-4H2,1-2H3. The minimum absolute atomic E-state index is 0.364. The van der Waals surface area contributed by atoms with Gasteiger partial charge in [0, 0.05) is 5.33 Å². The number of hydrogen-bond acceptors (Lipinski definition) is 1. The molecule has 0 radical (unpaired) electrons. The molecule has 0 unspecified atom stereocenters. The molecule has 0 saturated carbocycles. The average Bonchev–Trinajstić information content (AvgIpc) is 1.96. The molecule has 2 heteroatoms. The molecule has 0 bridgehead atoms. The van der Waals surface area contributed by atoms with Crippen LogP contribution in [0.3, 0.4) is 0 Å². The maximum atomic E-state index is 9.27. The summed E-state index contributed by atoms with van der Waals surface area (Å²) in [5, 5.41) is 10.2. The zero-order valence-electron chi connectivity index (χ0n) is 7.39. The lowest BCUT2D eigenvalue weighted by Crippen LogP contribution is -1.94. The molecule has 0 spiro atoms. The molecule has 0 amide bonds. The molecule has 0 aromatic heterocycles. The zero-order valence-corrected chi connectivity index (χ0v) is 8.98. The molecule has 0 fully saturated rings. The van der Waals surface area contributed by atoms with E-state index in [1.54, 1.807) is 0 Å². The van der Waals surface area contributed by atoms with Crippen LogP contribution in [0.1, 0.15) is 16.7 Å². The summed E-state index contributed by atoms with van der Waals surface area (Å²) in [6.07, 6.45) is 1.03. The third kappa shape index (κ3) is 2.01. The molecular weight excluding hydrogens is 216 g/mol. The van der Waals surface area contributed by atoms with Gasteiger partial charge in [-0.3, -0.25) is 0 Å². The number of aryl methyl sites for hydroxylation is 2. The van der Waals surface area contributed by atoms with E-state index in [-0.39, 0.29) is 0 Å². The fourth-order valence-electron chi connectivity index (χ4n) is 1.46. The summed E-state index contributed by atoms with van der Waals surface area (Å²) in [5.74, 6) is 0.364. The highest BCUT2D eigenvalue weighted by atomic mass is 79.9. The second kappa shape index (κ2) is 3.94. The van der Waals surface area contributed by atoms with E-state index in [1.807, 2.05) is 26.0 Å². The first kappa shape index (κ1) is 9.59. The lowest BCUT2D eigenvalue weighted by atomic mass is 10.0. The van der Waals surface area contributed by atoms with Crippen molar-refractivity contribution < 1.29 is 5.11 Å². The molecule has 0 aliphatic rings. The van der Waals surface area contributed by atoms with Crippen molar-refractivity contribution in [1.82, 2.24) is 0 Å². The summed E-state index contributed by atoms with van der Waals surface area (Å²) < 4.78 is 0. The highest BCUT2D eigenvalue weighted by Gasteiger charge is 2.03. The number of phenols is 1. The second-order valence-corrected chi connectivity index (χ2v) is 3.79. The number of phenolic OH excluding ortho intramolecular Hbond substituents is 1. The van der Waals surface area contributed by atoms with Crippen LogP contribution in [0.4, 0.5) is 0 Å². The second-order valence-electron chi connectivity index (χ2n) is 3.00. The summed E-state index contributed by atoms with van der Waals surface area (Å²) in [6.45, 7) is 4.06. The van der Waals surface area contributed by atoms with Gasteiger partial charge in [0.1, 0.15) is 5.75 Å². The van der Waals surface area contributed by atoms with E-state index in [9.17, 15) is 5.11 Å². The summed E-state index contributed by atoms with van der Waals surface area (Å²) in [7, 11) is 0. The van der Waals surface area contributed by atoms with E-state index in [0.29, 0.717) is 5.75 Å². The Hall–Kier alpha value is -0.500. The summed E-state index contributed by atoms with van der Waals surface area (Å²) in [5.41, 5.74) is 3.68. The number of hydrogen-bond donors (Lipinski definition) is 1. The third-order valence-electron chi connectivity index (χ3n) is 2.03. The summed E-state index contributed by atoms with van der Waals surface area (Å²) in [6, 6.07) is 3.62. The zero-order chi connectivity index (χ0) is 9.14. The minimum atomic E-state index is 0.364. The van der Waals surface area contributed by atoms with Gasteiger partial charge in [-0.1, -0.05) is 15.9 Å². The van der Waals surface area contributed by atoms with Crippen LogP contribution in [0.25, 0.3) is 0 Å². The molecule has 0 saturated heterocycles. The highest BCUT2D eigenvalue weighted by Crippen LogP contribution is 2.21. The number of aromatic hydroxyl groups is 1. The van der Waals surface area contributed by atoms with E-state index in [4.69, 9.17) is 0 Å². The van der Waals surface area contributed by atoms with Gasteiger partial charge >= 0.3 is 0 Å². The molecule has 0 aliphatic carbocycles. The highest BCUT2D eigenvalue weighted by molar-refractivity contribution is 9.09. The predicted molar refractivity (Wildman–Crippen MR) is 55.1 cm³/mol. The van der Waals surface area contributed by atoms with E-state index in [0.717, 1.165) is 11.8 Å². The van der Waals surface area contributed by atoms with E-state index < -0.39 is 0 Å². The van der Waals surface area contributed by atoms with Crippen LogP contribution in [-0.4, -0.2) is 10.4 Å². The smallest absolute Gasteiger partial charge is 0.116 e. The van der Waals surface area contributed by atoms with Crippen LogP contribution in [0.2, 0.25) is 0 Å². The van der Waals surface area contributed by atoms with Crippen molar-refractivity contribution in [2.24, 2.45) is 0 Å². The van der Waals surface area contributed by atoms with E-state index in [2.05, 4.69) is 15.9 Å². The summed E-state index contributed by atoms with van der Waals surface area (Å²) >= 11 is 3.41. The van der Waals surface area contributed by atoms with Gasteiger partial charge in [-0.2, -0.15) is 0 Å². The van der Waals surface area contributed by atoms with Crippen molar-refractivity contribution in [2.45, 2.75) is 20.3 Å². The molecule has 0 aliphatic heterocycles. The first-order valence-electron chi connectivity index (χ1n) is 4.00. The van der Waals surface area contributed by atoms with Crippen molar-refractivity contribution in [2.75, 3.05) is 5.33 Å². The topological polar surface area (TPSA) is 20.2 Å². The SMILES string of the molecule is Cc1cc(O)cc(C)c1CCBr. The Morgan fingerprint density at radius 3 is 2.17 bits per heavy atom. The molecule has 1 aromatic rings. The van der Waals surface area contributed by atoms with Gasteiger partial charge < -0.3 is 5.11 Å². The van der Waals surface area contributed by atoms with Crippen LogP contribution < -0.4 is 0 Å². The molecule has 1 N–H and O–H groups in total. The first-order chi connectivity index (χ1) is 5.65. The Labute approximate surface area is 81.6 Å². The molecule has 0 atom stereocenters. The number of halogens is 1. The Kier molecular flexibility index (Phi) is 3.15. The maximum Gasteiger partial charge on any atom is 0.116 e. The largest absolute Gasteiger partial charge is 0.508 e. The van der Waals surface area contributed by atoms with Crippen molar-refractivity contribution in [1.29, 1.82) is 0 Å². The van der Waals surface area contributed by atoms with Crippen molar-refractivity contribution >= 4 is 15.9 Å². The quantitative estimate of drug-likeness (QED) is 0.773. The Morgan fingerprint density at radius 2 is 1.75 bits per heavy atom. The Balaban J connectivity index is 3.10.